The number of fused-ring (bicyclic) bond motifs is 1. The van der Waals surface area contributed by atoms with Gasteiger partial charge in [-0.05, 0) is 55.3 Å². The number of ether oxygens (including phenoxy) is 2. The Hall–Kier alpha value is -3.02. The molecule has 0 spiro atoms. The number of aryl methyl sites for hydroxylation is 2. The summed E-state index contributed by atoms with van der Waals surface area (Å²) in [7, 11) is 1.63. The lowest BCUT2D eigenvalue weighted by atomic mass is 10.1. The first-order chi connectivity index (χ1) is 15.6. The molecule has 0 aliphatic carbocycles. The monoisotopic (exact) mass is 449 g/mol. The lowest BCUT2D eigenvalue weighted by Gasteiger charge is -2.15. The maximum Gasteiger partial charge on any atom is 0.180 e. The van der Waals surface area contributed by atoms with Gasteiger partial charge >= 0.3 is 0 Å². The third-order valence-electron chi connectivity index (χ3n) is 5.33. The quantitative estimate of drug-likeness (QED) is 0.299. The van der Waals surface area contributed by atoms with E-state index in [2.05, 4.69) is 52.5 Å². The fourth-order valence-corrected chi connectivity index (χ4v) is 3.88. The van der Waals surface area contributed by atoms with Gasteiger partial charge in [-0.1, -0.05) is 53.6 Å². The lowest BCUT2D eigenvalue weighted by molar-refractivity contribution is 0.284. The van der Waals surface area contributed by atoms with Crippen molar-refractivity contribution in [2.24, 2.45) is 0 Å². The molecule has 3 aromatic carbocycles. The van der Waals surface area contributed by atoms with Crippen LogP contribution in [0.4, 0.5) is 0 Å². The van der Waals surface area contributed by atoms with Crippen LogP contribution in [0.2, 0.25) is 5.02 Å². The van der Waals surface area contributed by atoms with Crippen molar-refractivity contribution in [2.75, 3.05) is 13.7 Å². The molecule has 0 aliphatic rings. The fraction of sp³-hybridized carbons (Fsp3) is 0.269. The number of H-pyrrole nitrogens is 1. The lowest BCUT2D eigenvalue weighted by Crippen LogP contribution is -2.15. The molecule has 0 bridgehead atoms. The van der Waals surface area contributed by atoms with Crippen molar-refractivity contribution in [3.05, 3.63) is 88.2 Å². The molecule has 6 heteroatoms. The number of nitrogens with zero attached hydrogens (tertiary/aromatic N) is 1. The molecule has 166 valence electrons. The molecule has 4 rings (SSSR count). The van der Waals surface area contributed by atoms with Crippen LogP contribution in [0.1, 0.15) is 28.9 Å². The maximum absolute atomic E-state index is 6.52. The topological polar surface area (TPSA) is 59.2 Å². The first-order valence-electron chi connectivity index (χ1n) is 10.8. The second-order valence-electron chi connectivity index (χ2n) is 7.86. The highest BCUT2D eigenvalue weighted by atomic mass is 35.5. The molecule has 0 radical (unpaired) electrons. The number of nitrogens with one attached hydrogen (secondary N) is 2. The van der Waals surface area contributed by atoms with Gasteiger partial charge in [-0.3, -0.25) is 0 Å². The molecule has 0 amide bonds. The van der Waals surface area contributed by atoms with Crippen LogP contribution in [0.25, 0.3) is 11.0 Å². The summed E-state index contributed by atoms with van der Waals surface area (Å²) in [5.74, 6) is 2.24. The minimum absolute atomic E-state index is 0.440. The van der Waals surface area contributed by atoms with E-state index in [9.17, 15) is 0 Å². The van der Waals surface area contributed by atoms with Crippen molar-refractivity contribution in [2.45, 2.75) is 32.9 Å². The van der Waals surface area contributed by atoms with Crippen LogP contribution in [-0.2, 0) is 19.6 Å². The summed E-state index contributed by atoms with van der Waals surface area (Å²) in [6.07, 6.45) is 1.89. The van der Waals surface area contributed by atoms with E-state index in [1.54, 1.807) is 7.11 Å². The number of benzene rings is 3. The fourth-order valence-electron chi connectivity index (χ4n) is 3.59. The molecule has 0 saturated carbocycles. The van der Waals surface area contributed by atoms with Crippen LogP contribution in [-0.4, -0.2) is 23.6 Å². The SMILES string of the molecule is COc1cc(CNCCCc2nc3ccccc3[nH]2)cc(Cl)c1OCc1ccc(C)cc1. The van der Waals surface area contributed by atoms with Crippen LogP contribution < -0.4 is 14.8 Å². The van der Waals surface area contributed by atoms with Gasteiger partial charge in [0.1, 0.15) is 12.4 Å². The van der Waals surface area contributed by atoms with E-state index in [1.165, 1.54) is 5.56 Å². The number of aromatic amines is 1. The van der Waals surface area contributed by atoms with E-state index in [0.29, 0.717) is 29.7 Å². The van der Waals surface area contributed by atoms with Gasteiger partial charge in [0.05, 0.1) is 23.2 Å². The molecular formula is C26H28ClN3O2. The predicted molar refractivity (Wildman–Crippen MR) is 130 cm³/mol. The van der Waals surface area contributed by atoms with Crippen molar-refractivity contribution >= 4 is 22.6 Å². The van der Waals surface area contributed by atoms with Crippen molar-refractivity contribution in [3.63, 3.8) is 0 Å². The number of para-hydroxylation sites is 2. The van der Waals surface area contributed by atoms with Crippen molar-refractivity contribution in [1.29, 1.82) is 0 Å². The zero-order valence-corrected chi connectivity index (χ0v) is 19.2. The first-order valence-corrected chi connectivity index (χ1v) is 11.2. The summed E-state index contributed by atoms with van der Waals surface area (Å²) in [6.45, 7) is 4.09. The van der Waals surface area contributed by atoms with Crippen LogP contribution in [0.5, 0.6) is 11.5 Å². The maximum atomic E-state index is 6.52. The number of halogens is 1. The molecule has 2 N–H and O–H groups in total. The van der Waals surface area contributed by atoms with Gasteiger partial charge in [0, 0.05) is 13.0 Å². The Morgan fingerprint density at radius 1 is 1.03 bits per heavy atom. The van der Waals surface area contributed by atoms with Crippen molar-refractivity contribution < 1.29 is 9.47 Å². The summed E-state index contributed by atoms with van der Waals surface area (Å²) in [6, 6.07) is 20.3. The normalized spacial score (nSPS) is 11.1. The predicted octanol–water partition coefficient (Wildman–Crippen LogP) is 5.83. The molecule has 0 atom stereocenters. The van der Waals surface area contributed by atoms with Crippen LogP contribution >= 0.6 is 11.6 Å². The molecular weight excluding hydrogens is 422 g/mol. The van der Waals surface area contributed by atoms with Gasteiger partial charge in [-0.2, -0.15) is 0 Å². The summed E-state index contributed by atoms with van der Waals surface area (Å²) in [5, 5.41) is 4.02. The zero-order valence-electron chi connectivity index (χ0n) is 18.5. The van der Waals surface area contributed by atoms with E-state index in [4.69, 9.17) is 21.1 Å². The molecule has 0 unspecified atom stereocenters. The largest absolute Gasteiger partial charge is 0.493 e. The number of imidazole rings is 1. The molecule has 0 saturated heterocycles. The third-order valence-corrected chi connectivity index (χ3v) is 5.61. The summed E-state index contributed by atoms with van der Waals surface area (Å²) >= 11 is 6.52. The molecule has 1 heterocycles. The Labute approximate surface area is 193 Å². The number of methoxy groups -OCH3 is 1. The van der Waals surface area contributed by atoms with Crippen LogP contribution in [0.15, 0.2) is 60.7 Å². The molecule has 4 aromatic rings. The first kappa shape index (κ1) is 22.2. The van der Waals surface area contributed by atoms with Crippen LogP contribution in [0, 0.1) is 6.92 Å². The summed E-state index contributed by atoms with van der Waals surface area (Å²) in [5.41, 5.74) is 5.46. The van der Waals surface area contributed by atoms with Gasteiger partial charge in [-0.15, -0.1) is 0 Å². The molecule has 0 aliphatic heterocycles. The second-order valence-corrected chi connectivity index (χ2v) is 8.27. The minimum atomic E-state index is 0.440. The van der Waals surface area contributed by atoms with E-state index >= 15 is 0 Å². The Bertz CT molecular complexity index is 1140. The highest BCUT2D eigenvalue weighted by molar-refractivity contribution is 6.32. The Kier molecular flexibility index (Phi) is 7.30. The average Bonchev–Trinajstić information content (AvgIpc) is 3.22. The number of hydrogen-bond donors (Lipinski definition) is 2. The Balaban J connectivity index is 1.28. The molecule has 1 aromatic heterocycles. The molecule has 0 fully saturated rings. The van der Waals surface area contributed by atoms with E-state index < -0.39 is 0 Å². The smallest absolute Gasteiger partial charge is 0.180 e. The standard InChI is InChI=1S/C26H28ClN3O2/c1-18-9-11-19(12-10-18)17-32-26-21(27)14-20(15-24(26)31-2)16-28-13-5-8-25-29-22-6-3-4-7-23(22)30-25/h3-4,6-7,9-12,14-15,28H,5,8,13,16-17H2,1-2H3,(H,29,30). The van der Waals surface area contributed by atoms with Gasteiger partial charge in [-0.25, -0.2) is 4.98 Å². The summed E-state index contributed by atoms with van der Waals surface area (Å²) < 4.78 is 11.5. The van der Waals surface area contributed by atoms with Crippen LogP contribution in [0.3, 0.4) is 0 Å². The average molecular weight is 450 g/mol. The van der Waals surface area contributed by atoms with E-state index in [-0.39, 0.29) is 0 Å². The molecule has 5 nitrogen and oxygen atoms in total. The number of rotatable bonds is 10. The Morgan fingerprint density at radius 2 is 1.84 bits per heavy atom. The highest BCUT2D eigenvalue weighted by Crippen LogP contribution is 2.37. The van der Waals surface area contributed by atoms with Crippen molar-refractivity contribution in [1.82, 2.24) is 15.3 Å². The highest BCUT2D eigenvalue weighted by Gasteiger charge is 2.12. The third kappa shape index (κ3) is 5.61. The minimum Gasteiger partial charge on any atom is -0.493 e. The van der Waals surface area contributed by atoms with E-state index in [0.717, 1.165) is 47.4 Å². The second kappa shape index (κ2) is 10.5. The van der Waals surface area contributed by atoms with Gasteiger partial charge in [0.25, 0.3) is 0 Å². The van der Waals surface area contributed by atoms with Gasteiger partial charge < -0.3 is 19.8 Å². The van der Waals surface area contributed by atoms with Gasteiger partial charge in [0.15, 0.2) is 11.5 Å². The summed E-state index contributed by atoms with van der Waals surface area (Å²) in [4.78, 5) is 8.00. The Morgan fingerprint density at radius 3 is 2.62 bits per heavy atom. The van der Waals surface area contributed by atoms with Crippen molar-refractivity contribution in [3.8, 4) is 11.5 Å². The zero-order chi connectivity index (χ0) is 22.3. The number of aromatic nitrogens is 2. The van der Waals surface area contributed by atoms with Gasteiger partial charge in [0.2, 0.25) is 0 Å². The molecule has 32 heavy (non-hydrogen) atoms. The number of hydrogen-bond acceptors (Lipinski definition) is 4. The van der Waals surface area contributed by atoms with E-state index in [1.807, 2.05) is 30.3 Å².